The summed E-state index contributed by atoms with van der Waals surface area (Å²) in [5.74, 6) is 0. The molecule has 0 atom stereocenters. The lowest BCUT2D eigenvalue weighted by Gasteiger charge is -2.00. The molecule has 136 valence electrons. The van der Waals surface area contributed by atoms with Gasteiger partial charge in [-0.3, -0.25) is 4.18 Å². The fourth-order valence-electron chi connectivity index (χ4n) is 1.90. The van der Waals surface area contributed by atoms with Crippen LogP contribution >= 0.6 is 0 Å². The zero-order valence-electron chi connectivity index (χ0n) is 15.7. The Kier molecular flexibility index (Phi) is 12.2. The molecule has 0 radical (unpaired) electrons. The van der Waals surface area contributed by atoms with Gasteiger partial charge in [0.1, 0.15) is 0 Å². The third kappa shape index (κ3) is 17.0. The Hall–Kier alpha value is -1.39. The molecule has 0 spiro atoms. The first-order valence-corrected chi connectivity index (χ1v) is 10.1. The first-order chi connectivity index (χ1) is 11.2. The molecule has 0 fully saturated rings. The topological polar surface area (TPSA) is 43.4 Å². The SMILES string of the molecule is CC(C)=CCCC(C)=CCCC(C)=CC=CC=CCOS(C)(=O)=O. The molecule has 0 aliphatic carbocycles. The number of hydrogen-bond donors (Lipinski definition) is 0. The maximum Gasteiger partial charge on any atom is 0.264 e. The van der Waals surface area contributed by atoms with E-state index < -0.39 is 10.1 Å². The average molecular weight is 353 g/mol. The first kappa shape index (κ1) is 22.6. The van der Waals surface area contributed by atoms with Gasteiger partial charge in [-0.1, -0.05) is 59.3 Å². The third-order valence-corrected chi connectivity index (χ3v) is 3.80. The summed E-state index contributed by atoms with van der Waals surface area (Å²) in [4.78, 5) is 0. The smallest absolute Gasteiger partial charge is 0.264 e. The average Bonchev–Trinajstić information content (AvgIpc) is 2.44. The summed E-state index contributed by atoms with van der Waals surface area (Å²) in [6.45, 7) is 8.65. The second-order valence-electron chi connectivity index (χ2n) is 6.22. The second kappa shape index (κ2) is 13.0. The fraction of sp³-hybridized carbons (Fsp3) is 0.500. The number of rotatable bonds is 11. The summed E-state index contributed by atoms with van der Waals surface area (Å²) < 4.78 is 26.1. The van der Waals surface area contributed by atoms with E-state index in [0.717, 1.165) is 31.9 Å². The van der Waals surface area contributed by atoms with Crippen molar-refractivity contribution in [2.45, 2.75) is 53.4 Å². The van der Waals surface area contributed by atoms with Crippen LogP contribution in [0.1, 0.15) is 53.4 Å². The Balaban J connectivity index is 4.03. The Morgan fingerprint density at radius 3 is 2.12 bits per heavy atom. The van der Waals surface area contributed by atoms with Crippen molar-refractivity contribution >= 4 is 10.1 Å². The number of hydrogen-bond acceptors (Lipinski definition) is 3. The van der Waals surface area contributed by atoms with Crippen molar-refractivity contribution in [1.29, 1.82) is 0 Å². The summed E-state index contributed by atoms with van der Waals surface area (Å²) in [7, 11) is -3.35. The quantitative estimate of drug-likeness (QED) is 0.280. The van der Waals surface area contributed by atoms with Crippen molar-refractivity contribution in [3.8, 4) is 0 Å². The van der Waals surface area contributed by atoms with Crippen LogP contribution in [-0.2, 0) is 14.3 Å². The van der Waals surface area contributed by atoms with Crippen molar-refractivity contribution in [3.63, 3.8) is 0 Å². The van der Waals surface area contributed by atoms with Crippen LogP contribution in [0.3, 0.4) is 0 Å². The second-order valence-corrected chi connectivity index (χ2v) is 7.87. The molecule has 24 heavy (non-hydrogen) atoms. The predicted molar refractivity (Wildman–Crippen MR) is 104 cm³/mol. The predicted octanol–water partition coefficient (Wildman–Crippen LogP) is 5.49. The van der Waals surface area contributed by atoms with Gasteiger partial charge in [0, 0.05) is 0 Å². The van der Waals surface area contributed by atoms with E-state index in [0.29, 0.717) is 0 Å². The van der Waals surface area contributed by atoms with Crippen LogP contribution in [0.2, 0.25) is 0 Å². The molecule has 0 amide bonds. The molecule has 0 saturated carbocycles. The first-order valence-electron chi connectivity index (χ1n) is 8.33. The van der Waals surface area contributed by atoms with Gasteiger partial charge in [-0.05, 0) is 53.4 Å². The zero-order chi connectivity index (χ0) is 18.4. The van der Waals surface area contributed by atoms with Gasteiger partial charge in [0.2, 0.25) is 0 Å². The largest absolute Gasteiger partial charge is 0.266 e. The summed E-state index contributed by atoms with van der Waals surface area (Å²) in [6, 6.07) is 0. The van der Waals surface area contributed by atoms with Crippen LogP contribution in [0.15, 0.2) is 59.3 Å². The lowest BCUT2D eigenvalue weighted by Crippen LogP contribution is -2.01. The van der Waals surface area contributed by atoms with Gasteiger partial charge in [-0.15, -0.1) is 0 Å². The minimum atomic E-state index is -3.35. The summed E-state index contributed by atoms with van der Waals surface area (Å²) in [6.07, 6.45) is 19.4. The third-order valence-electron chi connectivity index (χ3n) is 3.24. The van der Waals surface area contributed by atoms with Gasteiger partial charge < -0.3 is 0 Å². The molecule has 0 aromatic heterocycles. The van der Waals surface area contributed by atoms with Crippen LogP contribution in [0, 0.1) is 0 Å². The molecule has 0 rings (SSSR count). The summed E-state index contributed by atoms with van der Waals surface area (Å²) in [5, 5.41) is 0. The lowest BCUT2D eigenvalue weighted by atomic mass is 10.1. The van der Waals surface area contributed by atoms with Gasteiger partial charge in [0.05, 0.1) is 12.9 Å². The minimum Gasteiger partial charge on any atom is -0.266 e. The van der Waals surface area contributed by atoms with E-state index in [4.69, 9.17) is 0 Å². The molecule has 0 aromatic carbocycles. The van der Waals surface area contributed by atoms with Crippen molar-refractivity contribution in [2.24, 2.45) is 0 Å². The zero-order valence-corrected chi connectivity index (χ0v) is 16.5. The Labute approximate surface area is 148 Å². The molecule has 0 heterocycles. The van der Waals surface area contributed by atoms with Crippen LogP contribution in [0.5, 0.6) is 0 Å². The van der Waals surface area contributed by atoms with E-state index in [-0.39, 0.29) is 6.61 Å². The Bertz CT molecular complexity index is 599. The molecule has 0 unspecified atom stereocenters. The standard InChI is InChI=1S/C20H32O3S/c1-18(2)12-10-14-20(4)16-11-15-19(3)13-8-6-7-9-17-23-24(5,21)22/h6-9,12-13,16H,10-11,14-15,17H2,1-5H3. The van der Waals surface area contributed by atoms with E-state index in [1.165, 1.54) is 16.7 Å². The molecule has 0 aromatic rings. The molecule has 0 saturated heterocycles. The van der Waals surface area contributed by atoms with E-state index in [2.05, 4.69) is 50.1 Å². The minimum absolute atomic E-state index is 0.0721. The summed E-state index contributed by atoms with van der Waals surface area (Å²) in [5.41, 5.74) is 4.15. The van der Waals surface area contributed by atoms with Crippen molar-refractivity contribution in [1.82, 2.24) is 0 Å². The highest BCUT2D eigenvalue weighted by molar-refractivity contribution is 7.85. The van der Waals surface area contributed by atoms with Gasteiger partial charge in [0.15, 0.2) is 0 Å². The maximum absolute atomic E-state index is 10.8. The highest BCUT2D eigenvalue weighted by Crippen LogP contribution is 2.11. The Morgan fingerprint density at radius 1 is 0.875 bits per heavy atom. The van der Waals surface area contributed by atoms with Gasteiger partial charge in [0.25, 0.3) is 10.1 Å². The molecular weight excluding hydrogens is 320 g/mol. The van der Waals surface area contributed by atoms with E-state index in [1.54, 1.807) is 12.2 Å². The molecule has 4 heteroatoms. The summed E-state index contributed by atoms with van der Waals surface area (Å²) >= 11 is 0. The van der Waals surface area contributed by atoms with Gasteiger partial charge >= 0.3 is 0 Å². The molecule has 0 bridgehead atoms. The normalized spacial score (nSPS) is 13.9. The monoisotopic (exact) mass is 352 g/mol. The van der Waals surface area contributed by atoms with Gasteiger partial charge in [-0.2, -0.15) is 8.42 Å². The van der Waals surface area contributed by atoms with E-state index >= 15 is 0 Å². The van der Waals surface area contributed by atoms with Crippen LogP contribution in [0.4, 0.5) is 0 Å². The maximum atomic E-state index is 10.8. The highest BCUT2D eigenvalue weighted by atomic mass is 32.2. The lowest BCUT2D eigenvalue weighted by molar-refractivity contribution is 0.361. The molecule has 0 N–H and O–H groups in total. The molecule has 3 nitrogen and oxygen atoms in total. The fourth-order valence-corrected chi connectivity index (χ4v) is 2.23. The molecular formula is C20H32O3S. The Morgan fingerprint density at radius 2 is 1.50 bits per heavy atom. The number of allylic oxidation sites excluding steroid dienone is 9. The van der Waals surface area contributed by atoms with Crippen molar-refractivity contribution < 1.29 is 12.6 Å². The van der Waals surface area contributed by atoms with Crippen molar-refractivity contribution in [3.05, 3.63) is 59.3 Å². The molecule has 0 aliphatic rings. The van der Waals surface area contributed by atoms with E-state index in [1.807, 2.05) is 12.2 Å². The van der Waals surface area contributed by atoms with E-state index in [9.17, 15) is 8.42 Å². The van der Waals surface area contributed by atoms with Gasteiger partial charge in [-0.25, -0.2) is 0 Å². The van der Waals surface area contributed by atoms with Crippen LogP contribution in [-0.4, -0.2) is 21.3 Å². The highest BCUT2D eigenvalue weighted by Gasteiger charge is 1.96. The van der Waals surface area contributed by atoms with Crippen LogP contribution in [0.25, 0.3) is 0 Å². The molecule has 0 aliphatic heterocycles. The van der Waals surface area contributed by atoms with Crippen LogP contribution < -0.4 is 0 Å². The van der Waals surface area contributed by atoms with Crippen molar-refractivity contribution in [2.75, 3.05) is 12.9 Å².